The number of nitrogens with one attached hydrogen (secondary N) is 2. The first-order valence-electron chi connectivity index (χ1n) is 9.07. The lowest BCUT2D eigenvalue weighted by Crippen LogP contribution is -2.37. The summed E-state index contributed by atoms with van der Waals surface area (Å²) in [4.78, 5) is 4.29. The molecule has 1 aromatic heterocycles. The third-order valence-corrected chi connectivity index (χ3v) is 4.72. The summed E-state index contributed by atoms with van der Waals surface area (Å²) in [7, 11) is 1.76. The zero-order valence-electron chi connectivity index (χ0n) is 15.0. The molecule has 2 N–H and O–H groups in total. The van der Waals surface area contributed by atoms with Crippen LogP contribution >= 0.6 is 0 Å². The monoisotopic (exact) mass is 356 g/mol. The Morgan fingerprint density at radius 1 is 1.12 bits per heavy atom. The Morgan fingerprint density at radius 2 is 2.00 bits per heavy atom. The molecule has 2 aliphatic heterocycles. The van der Waals surface area contributed by atoms with Crippen molar-refractivity contribution in [2.45, 2.75) is 45.3 Å². The van der Waals surface area contributed by atoms with Crippen LogP contribution in [0.4, 0.5) is 0 Å². The van der Waals surface area contributed by atoms with Crippen molar-refractivity contribution in [3.05, 3.63) is 35.4 Å². The lowest BCUT2D eigenvalue weighted by Gasteiger charge is -2.13. The Bertz CT molecular complexity index is 801. The van der Waals surface area contributed by atoms with Gasteiger partial charge in [0.1, 0.15) is 5.82 Å². The van der Waals surface area contributed by atoms with Crippen molar-refractivity contribution in [3.63, 3.8) is 0 Å². The van der Waals surface area contributed by atoms with Crippen molar-refractivity contribution < 1.29 is 9.47 Å². The number of hydrogen-bond donors (Lipinski definition) is 2. The van der Waals surface area contributed by atoms with Crippen LogP contribution in [-0.2, 0) is 26.1 Å². The molecule has 0 radical (unpaired) electrons. The number of ether oxygens (including phenoxy) is 2. The molecule has 0 amide bonds. The highest BCUT2D eigenvalue weighted by atomic mass is 16.7. The van der Waals surface area contributed by atoms with Crippen LogP contribution in [0.15, 0.2) is 23.2 Å². The first-order valence-corrected chi connectivity index (χ1v) is 9.07. The summed E-state index contributed by atoms with van der Waals surface area (Å²) in [5, 5.41) is 15.3. The van der Waals surface area contributed by atoms with Crippen molar-refractivity contribution >= 4 is 5.96 Å². The van der Waals surface area contributed by atoms with E-state index in [2.05, 4.69) is 30.4 Å². The Kier molecular flexibility index (Phi) is 4.90. The highest BCUT2D eigenvalue weighted by molar-refractivity contribution is 5.79. The molecule has 0 fully saturated rings. The number of aliphatic imine (C=N–C) groups is 1. The van der Waals surface area contributed by atoms with Crippen molar-refractivity contribution in [3.8, 4) is 11.5 Å². The van der Waals surface area contributed by atoms with Gasteiger partial charge in [-0.15, -0.1) is 10.2 Å². The van der Waals surface area contributed by atoms with Gasteiger partial charge >= 0.3 is 0 Å². The summed E-state index contributed by atoms with van der Waals surface area (Å²) >= 11 is 0. The molecule has 2 aliphatic rings. The van der Waals surface area contributed by atoms with Gasteiger partial charge < -0.3 is 24.7 Å². The van der Waals surface area contributed by atoms with E-state index in [1.165, 1.54) is 19.3 Å². The Balaban J connectivity index is 1.33. The van der Waals surface area contributed by atoms with Crippen molar-refractivity contribution in [2.75, 3.05) is 13.8 Å². The van der Waals surface area contributed by atoms with Crippen LogP contribution in [0.1, 0.15) is 36.5 Å². The minimum Gasteiger partial charge on any atom is -0.454 e. The van der Waals surface area contributed by atoms with E-state index in [4.69, 9.17) is 9.47 Å². The lowest BCUT2D eigenvalue weighted by atomic mass is 10.2. The average Bonchev–Trinajstić information content (AvgIpc) is 3.22. The fourth-order valence-electron chi connectivity index (χ4n) is 3.30. The van der Waals surface area contributed by atoms with Gasteiger partial charge in [0.25, 0.3) is 0 Å². The normalized spacial score (nSPS) is 16.1. The van der Waals surface area contributed by atoms with Gasteiger partial charge in [0.2, 0.25) is 6.79 Å². The number of fused-ring (bicyclic) bond motifs is 2. The molecule has 2 aromatic rings. The maximum Gasteiger partial charge on any atom is 0.231 e. The molecular formula is C18H24N6O2. The van der Waals surface area contributed by atoms with Crippen LogP contribution in [0.3, 0.4) is 0 Å². The Labute approximate surface area is 152 Å². The molecule has 26 heavy (non-hydrogen) atoms. The van der Waals surface area contributed by atoms with Crippen LogP contribution in [0.2, 0.25) is 0 Å². The number of aryl methyl sites for hydroxylation is 1. The summed E-state index contributed by atoms with van der Waals surface area (Å²) in [6.07, 6.45) is 4.67. The van der Waals surface area contributed by atoms with E-state index >= 15 is 0 Å². The fraction of sp³-hybridized carbons (Fsp3) is 0.500. The minimum atomic E-state index is 0.290. The average molecular weight is 356 g/mol. The molecule has 0 saturated heterocycles. The Morgan fingerprint density at radius 3 is 2.92 bits per heavy atom. The predicted molar refractivity (Wildman–Crippen MR) is 97.2 cm³/mol. The van der Waals surface area contributed by atoms with E-state index in [1.54, 1.807) is 7.05 Å². The third-order valence-electron chi connectivity index (χ3n) is 4.72. The van der Waals surface area contributed by atoms with Gasteiger partial charge in [-0.25, -0.2) is 0 Å². The first-order chi connectivity index (χ1) is 12.8. The van der Waals surface area contributed by atoms with Crippen LogP contribution in [0.25, 0.3) is 0 Å². The van der Waals surface area contributed by atoms with Crippen LogP contribution in [0, 0.1) is 0 Å². The molecule has 8 heteroatoms. The van der Waals surface area contributed by atoms with E-state index in [1.807, 2.05) is 18.2 Å². The van der Waals surface area contributed by atoms with Gasteiger partial charge in [-0.1, -0.05) is 12.5 Å². The summed E-state index contributed by atoms with van der Waals surface area (Å²) in [5.41, 5.74) is 1.11. The Hall–Kier alpha value is -2.77. The quantitative estimate of drug-likeness (QED) is 0.639. The summed E-state index contributed by atoms with van der Waals surface area (Å²) in [6.45, 7) is 2.54. The molecule has 0 atom stereocenters. The molecule has 1 aromatic carbocycles. The standard InChI is InChI=1S/C18H24N6O2/c1-19-18(20-10-13-6-7-14-15(9-13)26-12-25-14)21-11-17-23-22-16-5-3-2-4-8-24(16)17/h6-7,9H,2-5,8,10-12H2,1H3,(H2,19,20,21). The smallest absolute Gasteiger partial charge is 0.231 e. The van der Waals surface area contributed by atoms with E-state index in [0.717, 1.165) is 47.6 Å². The zero-order valence-corrected chi connectivity index (χ0v) is 15.0. The SMILES string of the molecule is CN=C(NCc1ccc2c(c1)OCO2)NCc1nnc2n1CCCCC2. The number of hydrogen-bond acceptors (Lipinski definition) is 5. The van der Waals surface area contributed by atoms with Gasteiger partial charge in [0.15, 0.2) is 23.3 Å². The number of rotatable bonds is 4. The molecule has 0 unspecified atom stereocenters. The molecular weight excluding hydrogens is 332 g/mol. The maximum atomic E-state index is 5.42. The van der Waals surface area contributed by atoms with Crippen molar-refractivity contribution in [1.82, 2.24) is 25.4 Å². The summed E-state index contributed by atoms with van der Waals surface area (Å²) in [6, 6.07) is 5.94. The van der Waals surface area contributed by atoms with E-state index in [0.29, 0.717) is 13.1 Å². The number of aromatic nitrogens is 3. The molecule has 138 valence electrons. The molecule has 0 aliphatic carbocycles. The van der Waals surface area contributed by atoms with E-state index in [-0.39, 0.29) is 6.79 Å². The topological polar surface area (TPSA) is 85.6 Å². The zero-order chi connectivity index (χ0) is 17.8. The van der Waals surface area contributed by atoms with Crippen LogP contribution in [-0.4, -0.2) is 34.6 Å². The van der Waals surface area contributed by atoms with Gasteiger partial charge in [0, 0.05) is 26.6 Å². The second-order valence-electron chi connectivity index (χ2n) is 6.46. The summed E-state index contributed by atoms with van der Waals surface area (Å²) in [5.74, 6) is 4.38. The van der Waals surface area contributed by atoms with Crippen LogP contribution < -0.4 is 20.1 Å². The molecule has 0 bridgehead atoms. The van der Waals surface area contributed by atoms with Crippen molar-refractivity contribution in [1.29, 1.82) is 0 Å². The van der Waals surface area contributed by atoms with Crippen LogP contribution in [0.5, 0.6) is 11.5 Å². The molecule has 0 spiro atoms. The first kappa shape index (κ1) is 16.7. The van der Waals surface area contributed by atoms with E-state index in [9.17, 15) is 0 Å². The third kappa shape index (κ3) is 3.58. The van der Waals surface area contributed by atoms with Gasteiger partial charge in [0.05, 0.1) is 6.54 Å². The van der Waals surface area contributed by atoms with E-state index < -0.39 is 0 Å². The summed E-state index contributed by atoms with van der Waals surface area (Å²) < 4.78 is 13.0. The number of nitrogens with zero attached hydrogens (tertiary/aromatic N) is 4. The van der Waals surface area contributed by atoms with Crippen molar-refractivity contribution in [2.24, 2.45) is 4.99 Å². The van der Waals surface area contributed by atoms with Gasteiger partial charge in [-0.05, 0) is 30.5 Å². The fourth-order valence-corrected chi connectivity index (χ4v) is 3.30. The maximum absolute atomic E-state index is 5.42. The molecule has 8 nitrogen and oxygen atoms in total. The molecule has 3 heterocycles. The van der Waals surface area contributed by atoms with Gasteiger partial charge in [-0.2, -0.15) is 0 Å². The number of benzene rings is 1. The minimum absolute atomic E-state index is 0.290. The molecule has 0 saturated carbocycles. The second-order valence-corrected chi connectivity index (χ2v) is 6.46. The lowest BCUT2D eigenvalue weighted by molar-refractivity contribution is 0.174. The highest BCUT2D eigenvalue weighted by Gasteiger charge is 2.15. The highest BCUT2D eigenvalue weighted by Crippen LogP contribution is 2.32. The largest absolute Gasteiger partial charge is 0.454 e. The number of guanidine groups is 1. The second kappa shape index (κ2) is 7.63. The van der Waals surface area contributed by atoms with Gasteiger partial charge in [-0.3, -0.25) is 4.99 Å². The molecule has 4 rings (SSSR count). The predicted octanol–water partition coefficient (Wildman–Crippen LogP) is 1.60.